The first-order valence-electron chi connectivity index (χ1n) is 9.56. The third kappa shape index (κ3) is 3.89. The number of aliphatic hydroxyl groups is 1. The first kappa shape index (κ1) is 19.6. The number of fused-ring (bicyclic) bond motifs is 1. The van der Waals surface area contributed by atoms with Gasteiger partial charge in [-0.2, -0.15) is 0 Å². The molecule has 2 aromatic rings. The van der Waals surface area contributed by atoms with Crippen LogP contribution < -0.4 is 0 Å². The maximum atomic E-state index is 13.9. The van der Waals surface area contributed by atoms with Crippen LogP contribution in [0.2, 0.25) is 0 Å². The van der Waals surface area contributed by atoms with Gasteiger partial charge in [0.15, 0.2) is 0 Å². The second kappa shape index (κ2) is 7.58. The molecule has 0 aromatic heterocycles. The molecular weight excluding hydrogens is 376 g/mol. The van der Waals surface area contributed by atoms with E-state index in [1.165, 1.54) is 30.7 Å². The molecule has 3 atom stereocenters. The molecule has 0 bridgehead atoms. The fourth-order valence-electron chi connectivity index (χ4n) is 4.10. The largest absolute Gasteiger partial charge is 0.479 e. The number of hydrogen-bond acceptors (Lipinski definition) is 3. The van der Waals surface area contributed by atoms with Gasteiger partial charge in [0.1, 0.15) is 11.6 Å². The van der Waals surface area contributed by atoms with Gasteiger partial charge in [-0.1, -0.05) is 30.0 Å². The SMILES string of the molecule is O=C(O)C(O)(c1ccc(F)cc1)c1ccc(F)cc1CC#CCN1C[C@H]2C[C@H]2C1. The maximum Gasteiger partial charge on any atom is 0.345 e. The number of aliphatic carboxylic acids is 1. The van der Waals surface area contributed by atoms with Gasteiger partial charge in [0, 0.05) is 25.1 Å². The van der Waals surface area contributed by atoms with Crippen molar-refractivity contribution < 1.29 is 23.8 Å². The van der Waals surface area contributed by atoms with E-state index in [1.807, 2.05) is 0 Å². The van der Waals surface area contributed by atoms with Gasteiger partial charge in [-0.25, -0.2) is 13.6 Å². The number of carbonyl (C=O) groups is 1. The average Bonchev–Trinajstić information content (AvgIpc) is 3.31. The molecule has 0 radical (unpaired) electrons. The number of rotatable bonds is 5. The number of likely N-dealkylation sites (tertiary alicyclic amines) is 1. The van der Waals surface area contributed by atoms with Crippen molar-refractivity contribution >= 4 is 5.97 Å². The van der Waals surface area contributed by atoms with Crippen LogP contribution in [0.1, 0.15) is 23.1 Å². The first-order chi connectivity index (χ1) is 13.9. The molecular formula is C23H21F2NO3. The molecule has 1 aliphatic carbocycles. The van der Waals surface area contributed by atoms with Crippen molar-refractivity contribution in [1.29, 1.82) is 0 Å². The summed E-state index contributed by atoms with van der Waals surface area (Å²) >= 11 is 0. The molecule has 1 heterocycles. The summed E-state index contributed by atoms with van der Waals surface area (Å²) in [5, 5.41) is 20.8. The molecule has 29 heavy (non-hydrogen) atoms. The van der Waals surface area contributed by atoms with Crippen LogP contribution in [-0.4, -0.2) is 40.7 Å². The van der Waals surface area contributed by atoms with Gasteiger partial charge in [-0.15, -0.1) is 0 Å². The lowest BCUT2D eigenvalue weighted by atomic mass is 9.83. The van der Waals surface area contributed by atoms with E-state index in [0.29, 0.717) is 6.54 Å². The number of carboxylic acid groups (broad SMARTS) is 1. The van der Waals surface area contributed by atoms with E-state index in [-0.39, 0.29) is 23.1 Å². The lowest BCUT2D eigenvalue weighted by Crippen LogP contribution is -2.37. The molecule has 2 aromatic carbocycles. The fourth-order valence-corrected chi connectivity index (χ4v) is 4.10. The van der Waals surface area contributed by atoms with Crippen LogP contribution in [0.3, 0.4) is 0 Å². The van der Waals surface area contributed by atoms with E-state index < -0.39 is 23.2 Å². The predicted molar refractivity (Wildman–Crippen MR) is 103 cm³/mol. The number of nitrogens with zero attached hydrogens (tertiary/aromatic N) is 1. The Hall–Kier alpha value is -2.75. The van der Waals surface area contributed by atoms with Gasteiger partial charge in [0.2, 0.25) is 5.60 Å². The summed E-state index contributed by atoms with van der Waals surface area (Å²) < 4.78 is 27.1. The molecule has 0 spiro atoms. The molecule has 2 aliphatic rings. The Morgan fingerprint density at radius 2 is 1.72 bits per heavy atom. The van der Waals surface area contributed by atoms with E-state index in [2.05, 4.69) is 16.7 Å². The van der Waals surface area contributed by atoms with Gasteiger partial charge in [0.25, 0.3) is 0 Å². The van der Waals surface area contributed by atoms with Crippen molar-refractivity contribution in [1.82, 2.24) is 4.90 Å². The molecule has 6 heteroatoms. The normalized spacial score (nSPS) is 22.3. The highest BCUT2D eigenvalue weighted by Gasteiger charge is 2.44. The number of benzene rings is 2. The van der Waals surface area contributed by atoms with Gasteiger partial charge in [0.05, 0.1) is 6.54 Å². The highest BCUT2D eigenvalue weighted by Crippen LogP contribution is 2.44. The highest BCUT2D eigenvalue weighted by atomic mass is 19.1. The van der Waals surface area contributed by atoms with Crippen LogP contribution in [0.25, 0.3) is 0 Å². The molecule has 1 saturated carbocycles. The van der Waals surface area contributed by atoms with Gasteiger partial charge < -0.3 is 10.2 Å². The quantitative estimate of drug-likeness (QED) is 0.762. The molecule has 2 fully saturated rings. The Bertz CT molecular complexity index is 985. The topological polar surface area (TPSA) is 60.8 Å². The highest BCUT2D eigenvalue weighted by molar-refractivity contribution is 5.84. The van der Waals surface area contributed by atoms with Crippen LogP contribution in [0, 0.1) is 35.3 Å². The fraction of sp³-hybridized carbons (Fsp3) is 0.348. The van der Waals surface area contributed by atoms with E-state index in [0.717, 1.165) is 43.1 Å². The molecule has 4 rings (SSSR count). The third-order valence-corrected chi connectivity index (χ3v) is 5.79. The molecule has 150 valence electrons. The predicted octanol–water partition coefficient (Wildman–Crippen LogP) is 2.78. The minimum Gasteiger partial charge on any atom is -0.479 e. The lowest BCUT2D eigenvalue weighted by molar-refractivity contribution is -0.155. The minimum absolute atomic E-state index is 0.0106. The third-order valence-electron chi connectivity index (χ3n) is 5.79. The van der Waals surface area contributed by atoms with Crippen molar-refractivity contribution in [3.8, 4) is 11.8 Å². The van der Waals surface area contributed by atoms with E-state index in [1.54, 1.807) is 0 Å². The van der Waals surface area contributed by atoms with Crippen molar-refractivity contribution in [2.75, 3.05) is 19.6 Å². The lowest BCUT2D eigenvalue weighted by Gasteiger charge is -2.26. The molecule has 4 nitrogen and oxygen atoms in total. The number of carboxylic acids is 1. The molecule has 1 unspecified atom stereocenters. The zero-order valence-corrected chi connectivity index (χ0v) is 15.7. The second-order valence-electron chi connectivity index (χ2n) is 7.80. The zero-order chi connectivity index (χ0) is 20.6. The Morgan fingerprint density at radius 3 is 2.38 bits per heavy atom. The minimum atomic E-state index is -2.44. The summed E-state index contributed by atoms with van der Waals surface area (Å²) in [6.07, 6.45) is 1.41. The van der Waals surface area contributed by atoms with Crippen LogP contribution >= 0.6 is 0 Å². The van der Waals surface area contributed by atoms with Crippen molar-refractivity contribution in [2.45, 2.75) is 18.4 Å². The van der Waals surface area contributed by atoms with Gasteiger partial charge in [-0.3, -0.25) is 4.90 Å². The van der Waals surface area contributed by atoms with Crippen molar-refractivity contribution in [3.05, 3.63) is 70.8 Å². The molecule has 2 N–H and O–H groups in total. The summed E-state index contributed by atoms with van der Waals surface area (Å²) in [5.41, 5.74) is -2.14. The first-order valence-corrected chi connectivity index (χ1v) is 9.56. The summed E-state index contributed by atoms with van der Waals surface area (Å²) in [6, 6.07) is 8.10. The monoisotopic (exact) mass is 397 g/mol. The van der Waals surface area contributed by atoms with Crippen LogP contribution in [0.15, 0.2) is 42.5 Å². The maximum absolute atomic E-state index is 13.9. The summed E-state index contributed by atoms with van der Waals surface area (Å²) in [6.45, 7) is 2.75. The molecule has 0 amide bonds. The number of halogens is 2. The summed E-state index contributed by atoms with van der Waals surface area (Å²) in [5.74, 6) is 5.05. The van der Waals surface area contributed by atoms with Crippen LogP contribution in [-0.2, 0) is 16.8 Å². The second-order valence-corrected chi connectivity index (χ2v) is 7.80. The standard InChI is InChI=1S/C23H21F2NO3/c24-19-6-4-18(5-7-19)23(29,22(27)28)21-9-8-20(25)12-15(21)3-1-2-10-26-13-16-11-17(16)14-26/h4-9,12,16-17,29H,3,10-11,13-14H2,(H,27,28)/t16-,17+,23?. The summed E-state index contributed by atoms with van der Waals surface area (Å²) in [4.78, 5) is 14.3. The Morgan fingerprint density at radius 1 is 1.07 bits per heavy atom. The van der Waals surface area contributed by atoms with Gasteiger partial charge in [-0.05, 0) is 53.6 Å². The smallest absolute Gasteiger partial charge is 0.345 e. The molecule has 1 saturated heterocycles. The van der Waals surface area contributed by atoms with Gasteiger partial charge >= 0.3 is 5.97 Å². The van der Waals surface area contributed by atoms with Crippen molar-refractivity contribution in [2.24, 2.45) is 11.8 Å². The van der Waals surface area contributed by atoms with Crippen LogP contribution in [0.5, 0.6) is 0 Å². The van der Waals surface area contributed by atoms with E-state index in [4.69, 9.17) is 0 Å². The van der Waals surface area contributed by atoms with Crippen LogP contribution in [0.4, 0.5) is 8.78 Å². The molecule has 1 aliphatic heterocycles. The van der Waals surface area contributed by atoms with E-state index >= 15 is 0 Å². The zero-order valence-electron chi connectivity index (χ0n) is 15.7. The van der Waals surface area contributed by atoms with E-state index in [9.17, 15) is 23.8 Å². The van der Waals surface area contributed by atoms with Crippen molar-refractivity contribution in [3.63, 3.8) is 0 Å². The Balaban J connectivity index is 1.60. The number of piperidine rings is 1. The Kier molecular flexibility index (Phi) is 5.12. The number of hydrogen-bond donors (Lipinski definition) is 2. The average molecular weight is 397 g/mol. The summed E-state index contributed by atoms with van der Waals surface area (Å²) in [7, 11) is 0. The Labute approximate surface area is 167 Å².